The third-order valence-electron chi connectivity index (χ3n) is 4.23. The minimum Gasteiger partial charge on any atom is -0.311 e. The molecule has 0 spiro atoms. The van der Waals surface area contributed by atoms with Gasteiger partial charge in [0.2, 0.25) is 0 Å². The van der Waals surface area contributed by atoms with Crippen LogP contribution in [0, 0.1) is 11.8 Å². The fraction of sp³-hybridized carbons (Fsp3) is 1.00. The van der Waals surface area contributed by atoms with E-state index in [9.17, 15) is 4.57 Å². The predicted octanol–water partition coefficient (Wildman–Crippen LogP) is 4.86. The minimum atomic E-state index is -2.09. The van der Waals surface area contributed by atoms with Crippen LogP contribution in [0.2, 0.25) is 0 Å². The summed E-state index contributed by atoms with van der Waals surface area (Å²) in [4.78, 5) is 0. The second-order valence-electron chi connectivity index (χ2n) is 6.27. The molecule has 0 aromatic rings. The zero-order chi connectivity index (χ0) is 12.1. The zero-order valence-electron chi connectivity index (χ0n) is 11.1. The van der Waals surface area contributed by atoms with Crippen LogP contribution in [0.25, 0.3) is 0 Å². The second kappa shape index (κ2) is 3.81. The molecule has 90 valence electrons. The monoisotopic (exact) mass is 248 g/mol. The van der Waals surface area contributed by atoms with Crippen LogP contribution in [0.4, 0.5) is 0 Å². The molecule has 1 fully saturated rings. The van der Waals surface area contributed by atoms with Crippen LogP contribution in [-0.4, -0.2) is 16.1 Å². The Hall–Kier alpha value is 0.580. The van der Waals surface area contributed by atoms with Crippen molar-refractivity contribution in [3.05, 3.63) is 0 Å². The first-order chi connectivity index (χ1) is 6.57. The Morgan fingerprint density at radius 1 is 1.20 bits per heavy atom. The van der Waals surface area contributed by atoms with Crippen LogP contribution in [0.15, 0.2) is 0 Å². The number of rotatable bonds is 3. The molecule has 1 nitrogen and oxygen atoms in total. The molecule has 1 heterocycles. The van der Waals surface area contributed by atoms with E-state index in [4.69, 9.17) is 0 Å². The summed E-state index contributed by atoms with van der Waals surface area (Å²) in [6.07, 6.45) is -2.09. The fourth-order valence-corrected chi connectivity index (χ4v) is 11.2. The number of hydrogen-bond acceptors (Lipinski definition) is 2. The molecule has 0 saturated carbocycles. The van der Waals surface area contributed by atoms with E-state index < -0.39 is 6.34 Å². The van der Waals surface area contributed by atoms with E-state index in [-0.39, 0.29) is 10.3 Å². The van der Waals surface area contributed by atoms with Crippen molar-refractivity contribution in [3.8, 4) is 0 Å². The summed E-state index contributed by atoms with van der Waals surface area (Å²) in [5, 5.41) is 0.0477. The van der Waals surface area contributed by atoms with Crippen molar-refractivity contribution in [2.45, 2.75) is 58.8 Å². The lowest BCUT2D eigenvalue weighted by Gasteiger charge is -2.62. The van der Waals surface area contributed by atoms with Gasteiger partial charge in [0.25, 0.3) is 0 Å². The molecule has 0 bridgehead atoms. The first-order valence-corrected chi connectivity index (χ1v) is 9.12. The third kappa shape index (κ3) is 1.72. The summed E-state index contributed by atoms with van der Waals surface area (Å²) in [5.41, 5.74) is 0. The largest absolute Gasteiger partial charge is 0.311 e. The van der Waals surface area contributed by atoms with Crippen LogP contribution < -0.4 is 0 Å². The summed E-state index contributed by atoms with van der Waals surface area (Å²) in [6.45, 7) is 15.3. The van der Waals surface area contributed by atoms with Crippen LogP contribution in [-0.2, 0) is 4.57 Å². The molecule has 0 atom stereocenters. The molecule has 0 N–H and O–H groups in total. The minimum absolute atomic E-state index is 0.0239. The van der Waals surface area contributed by atoms with Gasteiger partial charge in [0.1, 0.15) is 6.34 Å². The maximum absolute atomic E-state index is 13.1. The first kappa shape index (κ1) is 13.6. The smallest absolute Gasteiger partial charge is 0.150 e. The predicted molar refractivity (Wildman–Crippen MR) is 72.2 cm³/mol. The molecular formula is C12H25OPS. The third-order valence-corrected chi connectivity index (χ3v) is 13.6. The van der Waals surface area contributed by atoms with Gasteiger partial charge >= 0.3 is 0 Å². The lowest BCUT2D eigenvalue weighted by atomic mass is 9.83. The van der Waals surface area contributed by atoms with Crippen LogP contribution in [0.1, 0.15) is 48.5 Å². The van der Waals surface area contributed by atoms with Gasteiger partial charge < -0.3 is 4.57 Å². The van der Waals surface area contributed by atoms with Crippen LogP contribution >= 0.6 is 17.7 Å². The quantitative estimate of drug-likeness (QED) is 0.663. The van der Waals surface area contributed by atoms with E-state index >= 15 is 0 Å². The lowest BCUT2D eigenvalue weighted by Crippen LogP contribution is -2.56. The highest BCUT2D eigenvalue weighted by Gasteiger charge is 2.68. The van der Waals surface area contributed by atoms with Crippen molar-refractivity contribution < 1.29 is 4.57 Å². The summed E-state index contributed by atoms with van der Waals surface area (Å²) in [5.74, 6) is 2.20. The Bertz CT molecular complexity index is 274. The molecule has 15 heavy (non-hydrogen) atoms. The molecule has 1 saturated heterocycles. The molecule has 0 amide bonds. The summed E-state index contributed by atoms with van der Waals surface area (Å²) in [6, 6.07) is 0. The lowest BCUT2D eigenvalue weighted by molar-refractivity contribution is 0.280. The topological polar surface area (TPSA) is 17.1 Å². The van der Waals surface area contributed by atoms with Crippen molar-refractivity contribution in [2.75, 3.05) is 5.75 Å². The molecular weight excluding hydrogens is 223 g/mol. The molecule has 0 unspecified atom stereocenters. The van der Waals surface area contributed by atoms with E-state index in [2.05, 4.69) is 48.5 Å². The van der Waals surface area contributed by atoms with E-state index in [1.165, 1.54) is 0 Å². The Morgan fingerprint density at radius 2 is 1.60 bits per heavy atom. The Labute approximate surface area is 98.9 Å². The maximum atomic E-state index is 13.1. The zero-order valence-corrected chi connectivity index (χ0v) is 12.8. The van der Waals surface area contributed by atoms with Crippen LogP contribution in [0.5, 0.6) is 0 Å². The molecule has 0 aromatic heterocycles. The van der Waals surface area contributed by atoms with Gasteiger partial charge in [0.15, 0.2) is 0 Å². The van der Waals surface area contributed by atoms with E-state index in [1.54, 1.807) is 11.4 Å². The average molecular weight is 248 g/mol. The van der Waals surface area contributed by atoms with Gasteiger partial charge in [-0.3, -0.25) is 0 Å². The Balaban J connectivity index is 2.87. The van der Waals surface area contributed by atoms with Gasteiger partial charge in [-0.25, -0.2) is 0 Å². The number of hydrogen-bond donors (Lipinski definition) is 0. The van der Waals surface area contributed by atoms with E-state index in [0.717, 1.165) is 5.75 Å². The summed E-state index contributed by atoms with van der Waals surface area (Å²) < 4.78 is 13.1. The van der Waals surface area contributed by atoms with Crippen molar-refractivity contribution >= 4 is 17.7 Å². The van der Waals surface area contributed by atoms with Crippen molar-refractivity contribution in [3.63, 3.8) is 0 Å². The maximum Gasteiger partial charge on any atom is 0.150 e. The summed E-state index contributed by atoms with van der Waals surface area (Å²) >= 11 is 1.75. The average Bonchev–Trinajstić information content (AvgIpc) is 2.11. The van der Waals surface area contributed by atoms with Gasteiger partial charge in [-0.05, 0) is 11.8 Å². The van der Waals surface area contributed by atoms with Crippen molar-refractivity contribution in [1.29, 1.82) is 0 Å². The molecule has 0 radical (unpaired) electrons. The van der Waals surface area contributed by atoms with E-state index in [1.807, 2.05) is 0 Å². The van der Waals surface area contributed by atoms with Crippen molar-refractivity contribution in [1.82, 2.24) is 0 Å². The highest BCUT2D eigenvalue weighted by molar-refractivity contribution is 8.59. The van der Waals surface area contributed by atoms with E-state index in [0.29, 0.717) is 11.8 Å². The molecule has 0 aromatic carbocycles. The first-order valence-electron chi connectivity index (χ1n) is 5.82. The second-order valence-corrected chi connectivity index (χ2v) is 12.6. The highest BCUT2D eigenvalue weighted by Crippen LogP contribution is 2.88. The molecule has 1 aliphatic rings. The fourth-order valence-electron chi connectivity index (χ4n) is 2.64. The van der Waals surface area contributed by atoms with Gasteiger partial charge in [0.05, 0.1) is 0 Å². The highest BCUT2D eigenvalue weighted by atomic mass is 32.7. The van der Waals surface area contributed by atoms with Crippen LogP contribution in [0.3, 0.4) is 0 Å². The standard InChI is InChI=1S/C12H25OPS/c1-9(2)8-15-14(13)11(4,5)10(3)12(14,6)7/h9-10H,8H2,1-7H3. The Kier molecular flexibility index (Phi) is 3.46. The van der Waals surface area contributed by atoms with Gasteiger partial charge in [-0.1, -0.05) is 59.8 Å². The SMILES string of the molecule is CC(C)CSP1(=O)C(C)(C)C(C)C1(C)C. The van der Waals surface area contributed by atoms with Crippen molar-refractivity contribution in [2.24, 2.45) is 11.8 Å². The van der Waals surface area contributed by atoms with Gasteiger partial charge in [0, 0.05) is 16.1 Å². The van der Waals surface area contributed by atoms with Gasteiger partial charge in [-0.2, -0.15) is 0 Å². The Morgan fingerprint density at radius 3 is 1.93 bits per heavy atom. The molecule has 0 aliphatic carbocycles. The van der Waals surface area contributed by atoms with Gasteiger partial charge in [-0.15, -0.1) is 0 Å². The summed E-state index contributed by atoms with van der Waals surface area (Å²) in [7, 11) is 0. The molecule has 1 rings (SSSR count). The molecule has 1 aliphatic heterocycles. The normalized spacial score (nSPS) is 37.7. The molecule has 3 heteroatoms.